The van der Waals surface area contributed by atoms with Crippen molar-refractivity contribution in [3.05, 3.63) is 34.2 Å². The SMILES string of the molecule is Cn1c(=O)n(C2CCC(=O)NC2=O)c2cccc(C#CC3CCN(CCC(=O)O)CC3)c21. The monoisotopic (exact) mass is 438 g/mol. The molecule has 1 atom stereocenters. The number of hydrogen-bond donors (Lipinski definition) is 2. The molecule has 9 heteroatoms. The maximum atomic E-state index is 13.0. The standard InChI is InChI=1S/C23H26N4O5/c1-25-21-16(6-5-15-9-12-26(13-10-15)14-11-20(29)30)3-2-4-17(21)27(23(25)32)18-7-8-19(28)24-22(18)31/h2-4,15,18H,7-14H2,1H3,(H,29,30)(H,24,28,31). The van der Waals surface area contributed by atoms with Crippen LogP contribution in [0.5, 0.6) is 0 Å². The second-order valence-electron chi connectivity index (χ2n) is 8.38. The number of carbonyl (C=O) groups is 3. The number of aliphatic carboxylic acids is 1. The number of carbonyl (C=O) groups excluding carboxylic acids is 2. The highest BCUT2D eigenvalue weighted by molar-refractivity contribution is 6.00. The average Bonchev–Trinajstić information content (AvgIpc) is 3.02. The summed E-state index contributed by atoms with van der Waals surface area (Å²) >= 11 is 0. The van der Waals surface area contributed by atoms with Gasteiger partial charge < -0.3 is 10.0 Å². The summed E-state index contributed by atoms with van der Waals surface area (Å²) in [6.07, 6.45) is 2.39. The van der Waals surface area contributed by atoms with E-state index in [9.17, 15) is 19.2 Å². The molecule has 1 aromatic heterocycles. The van der Waals surface area contributed by atoms with Crippen LogP contribution >= 0.6 is 0 Å². The second-order valence-corrected chi connectivity index (χ2v) is 8.38. The molecule has 2 amide bonds. The maximum absolute atomic E-state index is 13.0. The number of imide groups is 1. The Labute approximate surface area is 185 Å². The van der Waals surface area contributed by atoms with Crippen molar-refractivity contribution >= 4 is 28.8 Å². The molecule has 2 aromatic rings. The predicted octanol–water partition coefficient (Wildman–Crippen LogP) is 0.856. The maximum Gasteiger partial charge on any atom is 0.329 e. The number of carboxylic acid groups (broad SMARTS) is 1. The minimum absolute atomic E-state index is 0.149. The van der Waals surface area contributed by atoms with E-state index >= 15 is 0 Å². The third kappa shape index (κ3) is 4.32. The fraction of sp³-hybridized carbons (Fsp3) is 0.478. The second kappa shape index (κ2) is 9.01. The molecule has 1 aromatic carbocycles. The number of benzene rings is 1. The molecule has 168 valence electrons. The van der Waals surface area contributed by atoms with Crippen LogP contribution in [0.3, 0.4) is 0 Å². The van der Waals surface area contributed by atoms with Crippen LogP contribution in [-0.4, -0.2) is 56.6 Å². The number of nitrogens with one attached hydrogen (secondary N) is 1. The van der Waals surface area contributed by atoms with Crippen molar-refractivity contribution in [2.45, 2.75) is 38.1 Å². The van der Waals surface area contributed by atoms with Gasteiger partial charge in [0.1, 0.15) is 6.04 Å². The molecule has 2 aliphatic heterocycles. The number of hydrogen-bond acceptors (Lipinski definition) is 5. The van der Waals surface area contributed by atoms with Crippen molar-refractivity contribution in [2.24, 2.45) is 13.0 Å². The third-order valence-corrected chi connectivity index (χ3v) is 6.26. The number of rotatable bonds is 4. The zero-order valence-electron chi connectivity index (χ0n) is 18.0. The van der Waals surface area contributed by atoms with Crippen molar-refractivity contribution in [1.82, 2.24) is 19.4 Å². The van der Waals surface area contributed by atoms with Crippen molar-refractivity contribution in [3.63, 3.8) is 0 Å². The highest BCUT2D eigenvalue weighted by Crippen LogP contribution is 2.25. The number of amides is 2. The molecule has 2 N–H and O–H groups in total. The Bertz CT molecular complexity index is 1190. The molecule has 3 heterocycles. The number of aryl methyl sites for hydroxylation is 1. The summed E-state index contributed by atoms with van der Waals surface area (Å²) in [5, 5.41) is 11.2. The Morgan fingerprint density at radius 1 is 1.19 bits per heavy atom. The first-order valence-corrected chi connectivity index (χ1v) is 10.8. The molecular weight excluding hydrogens is 412 g/mol. The summed E-state index contributed by atoms with van der Waals surface area (Å²) in [7, 11) is 1.67. The van der Waals surface area contributed by atoms with Crippen molar-refractivity contribution < 1.29 is 19.5 Å². The Morgan fingerprint density at radius 3 is 2.62 bits per heavy atom. The predicted molar refractivity (Wildman–Crippen MR) is 117 cm³/mol. The van der Waals surface area contributed by atoms with E-state index in [-0.39, 0.29) is 30.4 Å². The smallest absolute Gasteiger partial charge is 0.329 e. The number of aromatic nitrogens is 2. The van der Waals surface area contributed by atoms with Gasteiger partial charge in [-0.2, -0.15) is 0 Å². The van der Waals surface area contributed by atoms with Crippen molar-refractivity contribution in [1.29, 1.82) is 0 Å². The van der Waals surface area contributed by atoms with Gasteiger partial charge >= 0.3 is 11.7 Å². The number of nitrogens with zero attached hydrogens (tertiary/aromatic N) is 3. The highest BCUT2D eigenvalue weighted by Gasteiger charge is 2.31. The molecule has 32 heavy (non-hydrogen) atoms. The van der Waals surface area contributed by atoms with Gasteiger partial charge in [-0.15, -0.1) is 0 Å². The summed E-state index contributed by atoms with van der Waals surface area (Å²) in [4.78, 5) is 49.8. The lowest BCUT2D eigenvalue weighted by molar-refractivity contribution is -0.138. The molecule has 0 saturated carbocycles. The summed E-state index contributed by atoms with van der Waals surface area (Å²) < 4.78 is 2.97. The van der Waals surface area contributed by atoms with Gasteiger partial charge in [0.2, 0.25) is 11.8 Å². The Hall–Kier alpha value is -3.38. The molecule has 0 radical (unpaired) electrons. The first-order chi connectivity index (χ1) is 15.3. The van der Waals surface area contributed by atoms with E-state index in [0.717, 1.165) is 31.5 Å². The van der Waals surface area contributed by atoms with E-state index in [1.165, 1.54) is 9.13 Å². The molecule has 2 fully saturated rings. The molecule has 9 nitrogen and oxygen atoms in total. The van der Waals surface area contributed by atoms with Gasteiger partial charge in [0.25, 0.3) is 0 Å². The molecule has 0 spiro atoms. The van der Waals surface area contributed by atoms with Gasteiger partial charge in [0.05, 0.1) is 23.0 Å². The van der Waals surface area contributed by atoms with Gasteiger partial charge in [-0.25, -0.2) is 4.79 Å². The number of piperidine rings is 2. The topological polar surface area (TPSA) is 114 Å². The third-order valence-electron chi connectivity index (χ3n) is 6.26. The van der Waals surface area contributed by atoms with Crippen LogP contribution in [-0.2, 0) is 21.4 Å². The van der Waals surface area contributed by atoms with Crippen LogP contribution in [0.25, 0.3) is 11.0 Å². The first-order valence-electron chi connectivity index (χ1n) is 10.8. The van der Waals surface area contributed by atoms with Gasteiger partial charge in [-0.3, -0.25) is 28.8 Å². The minimum Gasteiger partial charge on any atom is -0.481 e. The van der Waals surface area contributed by atoms with Crippen molar-refractivity contribution in [2.75, 3.05) is 19.6 Å². The van der Waals surface area contributed by atoms with Crippen molar-refractivity contribution in [3.8, 4) is 11.8 Å². The van der Waals surface area contributed by atoms with Gasteiger partial charge in [-0.1, -0.05) is 17.9 Å². The Kier molecular flexibility index (Phi) is 6.15. The Balaban J connectivity index is 1.57. The average molecular weight is 438 g/mol. The lowest BCUT2D eigenvalue weighted by Crippen LogP contribution is -2.44. The van der Waals surface area contributed by atoms with E-state index in [2.05, 4.69) is 22.1 Å². The highest BCUT2D eigenvalue weighted by atomic mass is 16.4. The molecule has 2 saturated heterocycles. The van der Waals surface area contributed by atoms with Gasteiger partial charge in [0, 0.05) is 25.9 Å². The Morgan fingerprint density at radius 2 is 1.94 bits per heavy atom. The summed E-state index contributed by atoms with van der Waals surface area (Å²) in [5.41, 5.74) is 1.72. The molecule has 4 rings (SSSR count). The quantitative estimate of drug-likeness (QED) is 0.541. The molecular formula is C23H26N4O5. The number of likely N-dealkylation sites (tertiary alicyclic amines) is 1. The number of fused-ring (bicyclic) bond motifs is 1. The van der Waals surface area contributed by atoms with E-state index in [4.69, 9.17) is 5.11 Å². The lowest BCUT2D eigenvalue weighted by Gasteiger charge is -2.29. The van der Waals surface area contributed by atoms with Gasteiger partial charge in [0.15, 0.2) is 0 Å². The van der Waals surface area contributed by atoms with E-state index in [1.807, 2.05) is 12.1 Å². The number of para-hydroxylation sites is 1. The number of carboxylic acids is 1. The lowest BCUT2D eigenvalue weighted by atomic mass is 9.97. The van der Waals surface area contributed by atoms with Crippen LogP contribution in [0.15, 0.2) is 23.0 Å². The fourth-order valence-corrected chi connectivity index (χ4v) is 4.50. The number of imidazole rings is 1. The summed E-state index contributed by atoms with van der Waals surface area (Å²) in [6, 6.07) is 4.77. The van der Waals surface area contributed by atoms with E-state index in [0.29, 0.717) is 24.0 Å². The summed E-state index contributed by atoms with van der Waals surface area (Å²) in [5.74, 6) is 5.21. The van der Waals surface area contributed by atoms with Gasteiger partial charge in [-0.05, 0) is 44.5 Å². The molecule has 0 aliphatic carbocycles. The van der Waals surface area contributed by atoms with Crippen LogP contribution in [0.4, 0.5) is 0 Å². The molecule has 0 bridgehead atoms. The van der Waals surface area contributed by atoms with E-state index < -0.39 is 17.9 Å². The van der Waals surface area contributed by atoms with Crippen LogP contribution in [0, 0.1) is 17.8 Å². The first kappa shape index (κ1) is 21.8. The van der Waals surface area contributed by atoms with Crippen LogP contribution < -0.4 is 11.0 Å². The van der Waals surface area contributed by atoms with E-state index in [1.54, 1.807) is 13.1 Å². The molecule has 1 unspecified atom stereocenters. The molecule has 2 aliphatic rings. The van der Waals surface area contributed by atoms with Crippen LogP contribution in [0.2, 0.25) is 0 Å². The van der Waals surface area contributed by atoms with Crippen LogP contribution in [0.1, 0.15) is 43.7 Å². The minimum atomic E-state index is -0.783. The normalized spacial score (nSPS) is 20.1. The zero-order valence-corrected chi connectivity index (χ0v) is 18.0. The zero-order chi connectivity index (χ0) is 22.8. The summed E-state index contributed by atoms with van der Waals surface area (Å²) in [6.45, 7) is 2.20. The fourth-order valence-electron chi connectivity index (χ4n) is 4.50. The largest absolute Gasteiger partial charge is 0.481 e.